The Morgan fingerprint density at radius 2 is 1.96 bits per heavy atom. The van der Waals surface area contributed by atoms with Crippen molar-refractivity contribution in [2.75, 3.05) is 6.54 Å². The zero-order valence-corrected chi connectivity index (χ0v) is 15.0. The number of rotatable bonds is 7. The van der Waals surface area contributed by atoms with E-state index in [1.165, 1.54) is 16.9 Å². The van der Waals surface area contributed by atoms with Crippen molar-refractivity contribution in [3.63, 3.8) is 0 Å². The highest BCUT2D eigenvalue weighted by atomic mass is 32.2. The van der Waals surface area contributed by atoms with E-state index < -0.39 is 10.0 Å². The van der Waals surface area contributed by atoms with Crippen molar-refractivity contribution < 1.29 is 8.42 Å². The van der Waals surface area contributed by atoms with Crippen molar-refractivity contribution in [1.82, 2.24) is 14.3 Å². The molecular formula is C17H19N3O2S2. The molecule has 24 heavy (non-hydrogen) atoms. The average molecular weight is 361 g/mol. The summed E-state index contributed by atoms with van der Waals surface area (Å²) in [5.41, 5.74) is 1.19. The summed E-state index contributed by atoms with van der Waals surface area (Å²) in [6.07, 6.45) is 4.21. The summed E-state index contributed by atoms with van der Waals surface area (Å²) in [6, 6.07) is 13.6. The van der Waals surface area contributed by atoms with Crippen LogP contribution >= 0.6 is 11.3 Å². The predicted molar refractivity (Wildman–Crippen MR) is 95.7 cm³/mol. The molecule has 0 saturated heterocycles. The third-order valence-corrected chi connectivity index (χ3v) is 6.57. The molecule has 0 saturated carbocycles. The van der Waals surface area contributed by atoms with Crippen molar-refractivity contribution >= 4 is 21.4 Å². The molecule has 0 aliphatic rings. The second-order valence-corrected chi connectivity index (χ2v) is 8.75. The molecule has 0 unspecified atom stereocenters. The normalized spacial score (nSPS) is 11.7. The summed E-state index contributed by atoms with van der Waals surface area (Å²) >= 11 is 1.28. The fourth-order valence-electron chi connectivity index (χ4n) is 2.42. The van der Waals surface area contributed by atoms with Gasteiger partial charge in [0.15, 0.2) is 0 Å². The number of hydrogen-bond donors (Lipinski definition) is 1. The van der Waals surface area contributed by atoms with Crippen LogP contribution in [0.25, 0.3) is 0 Å². The fourth-order valence-corrected chi connectivity index (χ4v) is 4.78. The molecule has 1 N–H and O–H groups in total. The molecule has 0 atom stereocenters. The average Bonchev–Trinajstić information content (AvgIpc) is 3.18. The maximum Gasteiger partial charge on any atom is 0.250 e. The van der Waals surface area contributed by atoms with E-state index in [-0.39, 0.29) is 0 Å². The minimum Gasteiger partial charge on any atom is -0.330 e. The van der Waals surface area contributed by atoms with Crippen LogP contribution in [-0.2, 0) is 23.0 Å². The van der Waals surface area contributed by atoms with Gasteiger partial charge < -0.3 is 4.57 Å². The third kappa shape index (κ3) is 4.11. The Morgan fingerprint density at radius 3 is 2.67 bits per heavy atom. The van der Waals surface area contributed by atoms with Gasteiger partial charge >= 0.3 is 0 Å². The van der Waals surface area contributed by atoms with Crippen molar-refractivity contribution in [3.8, 4) is 0 Å². The first-order chi connectivity index (χ1) is 11.5. The van der Waals surface area contributed by atoms with Gasteiger partial charge in [-0.2, -0.15) is 0 Å². The topological polar surface area (TPSA) is 64.0 Å². The maximum absolute atomic E-state index is 12.2. The van der Waals surface area contributed by atoms with Gasteiger partial charge in [-0.15, -0.1) is 11.3 Å². The molecule has 5 nitrogen and oxygen atoms in total. The highest BCUT2D eigenvalue weighted by Crippen LogP contribution is 2.20. The number of nitrogens with zero attached hydrogens (tertiary/aromatic N) is 2. The minimum absolute atomic E-state index is 0.324. The standard InChI is InChI=1S/C17H19N3O2S2/c1-14-7-8-17(23-14)24(21,22)19-10-9-16-18-11-12-20(16)13-15-5-3-2-4-6-15/h2-8,11-12,19H,9-10,13H2,1H3. The lowest BCUT2D eigenvalue weighted by atomic mass is 10.2. The van der Waals surface area contributed by atoms with Crippen LogP contribution in [0.2, 0.25) is 0 Å². The largest absolute Gasteiger partial charge is 0.330 e. The van der Waals surface area contributed by atoms with E-state index in [1.807, 2.05) is 42.0 Å². The van der Waals surface area contributed by atoms with Gasteiger partial charge in [-0.1, -0.05) is 30.3 Å². The lowest BCUT2D eigenvalue weighted by molar-refractivity contribution is 0.581. The molecule has 0 aliphatic heterocycles. The van der Waals surface area contributed by atoms with Gasteiger partial charge in [0, 0.05) is 36.8 Å². The van der Waals surface area contributed by atoms with Gasteiger partial charge in [-0.25, -0.2) is 18.1 Å². The molecule has 0 amide bonds. The molecule has 7 heteroatoms. The van der Waals surface area contributed by atoms with Crippen LogP contribution in [0.3, 0.4) is 0 Å². The van der Waals surface area contributed by atoms with E-state index in [9.17, 15) is 8.42 Å². The second kappa shape index (κ2) is 7.29. The number of aromatic nitrogens is 2. The van der Waals surface area contributed by atoms with Crippen LogP contribution in [0.5, 0.6) is 0 Å². The lowest BCUT2D eigenvalue weighted by Gasteiger charge is -2.09. The van der Waals surface area contributed by atoms with Crippen molar-refractivity contribution in [2.24, 2.45) is 0 Å². The molecule has 2 heterocycles. The van der Waals surface area contributed by atoms with Gasteiger partial charge in [0.05, 0.1) is 0 Å². The van der Waals surface area contributed by atoms with E-state index in [0.29, 0.717) is 17.2 Å². The number of benzene rings is 1. The highest BCUT2D eigenvalue weighted by molar-refractivity contribution is 7.91. The molecule has 0 bridgehead atoms. The Labute approximate surface area is 146 Å². The number of nitrogens with one attached hydrogen (secondary N) is 1. The Bertz CT molecular complexity index is 899. The van der Waals surface area contributed by atoms with Crippen molar-refractivity contribution in [2.45, 2.75) is 24.1 Å². The van der Waals surface area contributed by atoms with Gasteiger partial charge in [0.25, 0.3) is 0 Å². The molecule has 0 aliphatic carbocycles. The predicted octanol–water partition coefficient (Wildman–Crippen LogP) is 2.82. The molecule has 126 valence electrons. The first-order valence-electron chi connectivity index (χ1n) is 7.65. The number of hydrogen-bond acceptors (Lipinski definition) is 4. The number of thiophene rings is 1. The molecule has 2 aromatic heterocycles. The highest BCUT2D eigenvalue weighted by Gasteiger charge is 2.15. The van der Waals surface area contributed by atoms with Crippen molar-refractivity contribution in [3.05, 3.63) is 71.1 Å². The Kier molecular flexibility index (Phi) is 5.13. The quantitative estimate of drug-likeness (QED) is 0.704. The van der Waals surface area contributed by atoms with Crippen LogP contribution in [0.15, 0.2) is 59.1 Å². The second-order valence-electron chi connectivity index (χ2n) is 5.47. The first kappa shape index (κ1) is 16.9. The molecular weight excluding hydrogens is 342 g/mol. The molecule has 1 aromatic carbocycles. The molecule has 0 fully saturated rings. The van der Waals surface area contributed by atoms with E-state index in [2.05, 4.69) is 21.8 Å². The maximum atomic E-state index is 12.2. The SMILES string of the molecule is Cc1ccc(S(=O)(=O)NCCc2nccn2Cc2ccccc2)s1. The summed E-state index contributed by atoms with van der Waals surface area (Å²) in [7, 11) is -3.43. The summed E-state index contributed by atoms with van der Waals surface area (Å²) in [5, 5.41) is 0. The monoisotopic (exact) mass is 361 g/mol. The number of aryl methyl sites for hydroxylation is 1. The van der Waals surface area contributed by atoms with Crippen LogP contribution < -0.4 is 4.72 Å². The van der Waals surface area contributed by atoms with Gasteiger partial charge in [-0.05, 0) is 24.6 Å². The Balaban J connectivity index is 1.61. The molecule has 0 radical (unpaired) electrons. The summed E-state index contributed by atoms with van der Waals surface area (Å²) in [4.78, 5) is 5.32. The zero-order chi connectivity index (χ0) is 17.0. The van der Waals surface area contributed by atoms with E-state index >= 15 is 0 Å². The minimum atomic E-state index is -3.43. The van der Waals surface area contributed by atoms with Crippen LogP contribution in [0.4, 0.5) is 0 Å². The molecule has 3 aromatic rings. The summed E-state index contributed by atoms with van der Waals surface area (Å²) < 4.78 is 29.5. The van der Waals surface area contributed by atoms with Crippen LogP contribution in [0.1, 0.15) is 16.3 Å². The first-order valence-corrected chi connectivity index (χ1v) is 9.94. The smallest absolute Gasteiger partial charge is 0.250 e. The van der Waals surface area contributed by atoms with E-state index in [1.54, 1.807) is 12.3 Å². The van der Waals surface area contributed by atoms with Gasteiger partial charge in [0.1, 0.15) is 10.0 Å². The lowest BCUT2D eigenvalue weighted by Crippen LogP contribution is -2.26. The van der Waals surface area contributed by atoms with Crippen LogP contribution in [0, 0.1) is 6.92 Å². The van der Waals surface area contributed by atoms with Crippen LogP contribution in [-0.4, -0.2) is 24.5 Å². The number of imidazole rings is 1. The zero-order valence-electron chi connectivity index (χ0n) is 13.3. The van der Waals surface area contributed by atoms with E-state index in [0.717, 1.165) is 17.2 Å². The Morgan fingerprint density at radius 1 is 1.17 bits per heavy atom. The molecule has 3 rings (SSSR count). The molecule has 0 spiro atoms. The van der Waals surface area contributed by atoms with Gasteiger partial charge in [0.2, 0.25) is 10.0 Å². The fraction of sp³-hybridized carbons (Fsp3) is 0.235. The van der Waals surface area contributed by atoms with E-state index in [4.69, 9.17) is 0 Å². The van der Waals surface area contributed by atoms with Gasteiger partial charge in [-0.3, -0.25) is 0 Å². The summed E-state index contributed by atoms with van der Waals surface area (Å²) in [6.45, 7) is 2.95. The summed E-state index contributed by atoms with van der Waals surface area (Å²) in [5.74, 6) is 0.865. The Hall–Kier alpha value is -1.96. The third-order valence-electron chi connectivity index (χ3n) is 3.62. The number of sulfonamides is 1. The van der Waals surface area contributed by atoms with Crippen molar-refractivity contribution in [1.29, 1.82) is 0 Å².